The number of amides is 1. The summed E-state index contributed by atoms with van der Waals surface area (Å²) in [5.74, 6) is -0.0285. The lowest BCUT2D eigenvalue weighted by molar-refractivity contribution is 0.203. The van der Waals surface area contributed by atoms with E-state index in [1.807, 2.05) is 0 Å². The van der Waals surface area contributed by atoms with Gasteiger partial charge in [-0.1, -0.05) is 0 Å². The highest BCUT2D eigenvalue weighted by Gasteiger charge is 2.16. The molecule has 0 bridgehead atoms. The van der Waals surface area contributed by atoms with E-state index in [9.17, 15) is 14.4 Å². The summed E-state index contributed by atoms with van der Waals surface area (Å²) >= 11 is 0. The van der Waals surface area contributed by atoms with Crippen molar-refractivity contribution in [3.8, 4) is 0 Å². The van der Waals surface area contributed by atoms with Crippen LogP contribution in [0.25, 0.3) is 11.2 Å². The van der Waals surface area contributed by atoms with Crippen molar-refractivity contribution in [1.82, 2.24) is 19.5 Å². The standard InChI is InChI=1S/C8H9N5O4/c1-12-4-3(5(14)11-7(12)15)9-6(10-4)13(2)8(16)17/h1-2H3,(H,9,10)(H,16,17)(H,11,14,15). The first-order valence-electron chi connectivity index (χ1n) is 4.57. The van der Waals surface area contributed by atoms with Crippen LogP contribution >= 0.6 is 0 Å². The third kappa shape index (κ3) is 1.57. The van der Waals surface area contributed by atoms with Crippen molar-refractivity contribution in [2.75, 3.05) is 11.9 Å². The Labute approximate surface area is 93.3 Å². The van der Waals surface area contributed by atoms with E-state index in [-0.39, 0.29) is 17.1 Å². The molecule has 1 amide bonds. The Morgan fingerprint density at radius 3 is 2.65 bits per heavy atom. The van der Waals surface area contributed by atoms with Crippen molar-refractivity contribution in [2.45, 2.75) is 0 Å². The zero-order valence-corrected chi connectivity index (χ0v) is 9.01. The molecule has 0 saturated heterocycles. The summed E-state index contributed by atoms with van der Waals surface area (Å²) in [4.78, 5) is 42.8. The van der Waals surface area contributed by atoms with Crippen molar-refractivity contribution in [1.29, 1.82) is 0 Å². The van der Waals surface area contributed by atoms with Gasteiger partial charge in [-0.2, -0.15) is 4.98 Å². The number of fused-ring (bicyclic) bond motifs is 1. The van der Waals surface area contributed by atoms with Crippen molar-refractivity contribution in [2.24, 2.45) is 7.05 Å². The van der Waals surface area contributed by atoms with Gasteiger partial charge < -0.3 is 10.1 Å². The van der Waals surface area contributed by atoms with E-state index in [4.69, 9.17) is 5.11 Å². The summed E-state index contributed by atoms with van der Waals surface area (Å²) < 4.78 is 1.12. The van der Waals surface area contributed by atoms with Crippen molar-refractivity contribution in [3.63, 3.8) is 0 Å². The van der Waals surface area contributed by atoms with Crippen LogP contribution in [-0.4, -0.2) is 37.8 Å². The highest BCUT2D eigenvalue weighted by Crippen LogP contribution is 2.11. The van der Waals surface area contributed by atoms with Crippen LogP contribution in [0.3, 0.4) is 0 Å². The minimum absolute atomic E-state index is 0.0285. The second-order valence-electron chi connectivity index (χ2n) is 3.42. The summed E-state index contributed by atoms with van der Waals surface area (Å²) in [6.07, 6.45) is -1.23. The number of H-pyrrole nitrogens is 2. The van der Waals surface area contributed by atoms with E-state index >= 15 is 0 Å². The lowest BCUT2D eigenvalue weighted by Crippen LogP contribution is -2.28. The molecule has 0 aliphatic carbocycles. The second-order valence-corrected chi connectivity index (χ2v) is 3.42. The van der Waals surface area contributed by atoms with Crippen LogP contribution in [-0.2, 0) is 7.05 Å². The molecule has 0 aliphatic rings. The summed E-state index contributed by atoms with van der Waals surface area (Å²) in [6.45, 7) is 0. The zero-order chi connectivity index (χ0) is 12.7. The van der Waals surface area contributed by atoms with Gasteiger partial charge in [-0.15, -0.1) is 0 Å². The average molecular weight is 239 g/mol. The molecule has 2 aromatic heterocycles. The van der Waals surface area contributed by atoms with Gasteiger partial charge in [-0.25, -0.2) is 9.59 Å². The molecule has 9 heteroatoms. The number of rotatable bonds is 1. The van der Waals surface area contributed by atoms with Gasteiger partial charge in [0.05, 0.1) is 0 Å². The third-order valence-electron chi connectivity index (χ3n) is 2.35. The molecule has 0 fully saturated rings. The largest absolute Gasteiger partial charge is 0.465 e. The molecule has 9 nitrogen and oxygen atoms in total. The number of nitrogens with one attached hydrogen (secondary N) is 2. The predicted octanol–water partition coefficient (Wildman–Crippen LogP) is -0.936. The maximum atomic E-state index is 11.5. The van der Waals surface area contributed by atoms with Gasteiger partial charge in [0.2, 0.25) is 5.95 Å². The molecule has 0 radical (unpaired) electrons. The molecule has 0 spiro atoms. The SMILES string of the molecule is CN(C(=O)O)c1nc2c([nH]1)c(=O)[nH]c(=O)n2C. The third-order valence-corrected chi connectivity index (χ3v) is 2.35. The summed E-state index contributed by atoms with van der Waals surface area (Å²) in [6, 6.07) is 0. The number of nitrogens with zero attached hydrogens (tertiary/aromatic N) is 3. The first kappa shape index (κ1) is 10.9. The fraction of sp³-hybridized carbons (Fsp3) is 0.250. The number of hydrogen-bond acceptors (Lipinski definition) is 4. The van der Waals surface area contributed by atoms with E-state index in [0.717, 1.165) is 9.47 Å². The van der Waals surface area contributed by atoms with Gasteiger partial charge >= 0.3 is 11.8 Å². The Morgan fingerprint density at radius 1 is 1.41 bits per heavy atom. The first-order chi connectivity index (χ1) is 7.91. The van der Waals surface area contributed by atoms with Crippen LogP contribution in [0, 0.1) is 0 Å². The van der Waals surface area contributed by atoms with Gasteiger partial charge in [0.25, 0.3) is 5.56 Å². The Morgan fingerprint density at radius 2 is 2.06 bits per heavy atom. The molecule has 90 valence electrons. The molecule has 2 aromatic rings. The molecular formula is C8H9N5O4. The van der Waals surface area contributed by atoms with Gasteiger partial charge in [0.1, 0.15) is 0 Å². The topological polar surface area (TPSA) is 124 Å². The van der Waals surface area contributed by atoms with Crippen molar-refractivity contribution in [3.05, 3.63) is 20.8 Å². The number of aryl methyl sites for hydroxylation is 1. The molecule has 2 heterocycles. The molecule has 3 N–H and O–H groups in total. The maximum absolute atomic E-state index is 11.5. The fourth-order valence-electron chi connectivity index (χ4n) is 1.34. The average Bonchev–Trinajstić information content (AvgIpc) is 2.70. The van der Waals surface area contributed by atoms with E-state index in [0.29, 0.717) is 0 Å². The van der Waals surface area contributed by atoms with E-state index in [1.54, 1.807) is 0 Å². The number of aromatic amines is 2. The second kappa shape index (κ2) is 3.47. The molecule has 2 rings (SSSR count). The molecule has 0 atom stereocenters. The normalized spacial score (nSPS) is 10.7. The fourth-order valence-corrected chi connectivity index (χ4v) is 1.34. The van der Waals surface area contributed by atoms with Crippen molar-refractivity contribution < 1.29 is 9.90 Å². The van der Waals surface area contributed by atoms with Crippen LogP contribution in [0.2, 0.25) is 0 Å². The van der Waals surface area contributed by atoms with Gasteiger partial charge in [-0.3, -0.25) is 19.2 Å². The Balaban J connectivity index is 2.78. The number of imidazole rings is 1. The lowest BCUT2D eigenvalue weighted by atomic mass is 10.5. The van der Waals surface area contributed by atoms with Crippen LogP contribution in [0.1, 0.15) is 0 Å². The lowest BCUT2D eigenvalue weighted by Gasteiger charge is -2.07. The van der Waals surface area contributed by atoms with E-state index < -0.39 is 17.3 Å². The number of carbonyl (C=O) groups is 1. The van der Waals surface area contributed by atoms with Crippen LogP contribution in [0.15, 0.2) is 9.59 Å². The quantitative estimate of drug-likeness (QED) is 0.592. The Bertz CT molecular complexity index is 709. The number of anilines is 1. The molecule has 0 saturated carbocycles. The van der Waals surface area contributed by atoms with Gasteiger partial charge in [0, 0.05) is 14.1 Å². The first-order valence-corrected chi connectivity index (χ1v) is 4.57. The number of hydrogen-bond donors (Lipinski definition) is 3. The molecule has 0 aromatic carbocycles. The Kier molecular flexibility index (Phi) is 2.23. The minimum Gasteiger partial charge on any atom is -0.465 e. The number of aromatic nitrogens is 4. The van der Waals surface area contributed by atoms with Gasteiger partial charge in [0.15, 0.2) is 11.2 Å². The zero-order valence-electron chi connectivity index (χ0n) is 9.01. The molecule has 17 heavy (non-hydrogen) atoms. The van der Waals surface area contributed by atoms with Gasteiger partial charge in [-0.05, 0) is 0 Å². The molecular weight excluding hydrogens is 230 g/mol. The van der Waals surface area contributed by atoms with E-state index in [1.165, 1.54) is 14.1 Å². The monoisotopic (exact) mass is 239 g/mol. The highest BCUT2D eigenvalue weighted by molar-refractivity contribution is 5.85. The summed E-state index contributed by atoms with van der Waals surface area (Å²) in [5, 5.41) is 8.77. The Hall–Kier alpha value is -2.58. The van der Waals surface area contributed by atoms with Crippen LogP contribution in [0.4, 0.5) is 10.7 Å². The molecule has 0 aliphatic heterocycles. The van der Waals surface area contributed by atoms with Crippen LogP contribution in [0.5, 0.6) is 0 Å². The number of carboxylic acid groups (broad SMARTS) is 1. The highest BCUT2D eigenvalue weighted by atomic mass is 16.4. The molecule has 0 unspecified atom stereocenters. The smallest absolute Gasteiger partial charge is 0.413 e. The maximum Gasteiger partial charge on any atom is 0.413 e. The predicted molar refractivity (Wildman–Crippen MR) is 58.4 cm³/mol. The minimum atomic E-state index is -1.23. The summed E-state index contributed by atoms with van der Waals surface area (Å²) in [7, 11) is 2.69. The van der Waals surface area contributed by atoms with E-state index in [2.05, 4.69) is 15.0 Å². The van der Waals surface area contributed by atoms with Crippen LogP contribution < -0.4 is 16.1 Å². The van der Waals surface area contributed by atoms with Crippen molar-refractivity contribution >= 4 is 23.2 Å². The summed E-state index contributed by atoms with van der Waals surface area (Å²) in [5.41, 5.74) is -1.10.